The first kappa shape index (κ1) is 22.4. The second-order valence-electron chi connectivity index (χ2n) is 7.06. The van der Waals surface area contributed by atoms with Crippen molar-refractivity contribution < 1.29 is 32.4 Å². The van der Waals surface area contributed by atoms with Gasteiger partial charge in [-0.05, 0) is 36.8 Å². The van der Waals surface area contributed by atoms with Gasteiger partial charge in [-0.2, -0.15) is 0 Å². The van der Waals surface area contributed by atoms with Gasteiger partial charge in [0.1, 0.15) is 12.1 Å². The van der Waals surface area contributed by atoms with Gasteiger partial charge in [0.05, 0.1) is 26.2 Å². The van der Waals surface area contributed by atoms with Crippen molar-refractivity contribution in [2.75, 3.05) is 37.7 Å². The van der Waals surface area contributed by atoms with Crippen LogP contribution >= 0.6 is 0 Å². The minimum atomic E-state index is -0.533. The van der Waals surface area contributed by atoms with Crippen molar-refractivity contribution in [3.05, 3.63) is 65.7 Å². The summed E-state index contributed by atoms with van der Waals surface area (Å²) in [6.07, 6.45) is -0.0722. The first-order valence-corrected chi connectivity index (χ1v) is 9.67. The lowest BCUT2D eigenvalue weighted by molar-refractivity contribution is -0.693. The lowest BCUT2D eigenvalue weighted by Crippen LogP contribution is -3.00. The minimum Gasteiger partial charge on any atom is -1.00 e. The number of benzene rings is 2. The fourth-order valence-electron chi connectivity index (χ4n) is 3.38. The molecule has 1 fully saturated rings. The van der Waals surface area contributed by atoms with Crippen molar-refractivity contribution in [1.82, 2.24) is 0 Å². The Bertz CT molecular complexity index is 718. The molecule has 3 rings (SSSR count). The summed E-state index contributed by atoms with van der Waals surface area (Å²) in [5.41, 5.74) is 2.80. The number of ether oxygens (including phenoxy) is 1. The largest absolute Gasteiger partial charge is 1.00 e. The zero-order valence-corrected chi connectivity index (χ0v) is 17.0. The molecule has 1 saturated heterocycles. The summed E-state index contributed by atoms with van der Waals surface area (Å²) in [5.74, 6) is 0.140. The number of ketones is 1. The molecule has 152 valence electrons. The number of morpholine rings is 1. The highest BCUT2D eigenvalue weighted by atomic mass is 35.5. The van der Waals surface area contributed by atoms with Crippen molar-refractivity contribution in [2.45, 2.75) is 25.5 Å². The molecule has 0 bridgehead atoms. The predicted molar refractivity (Wildman–Crippen MR) is 106 cm³/mol. The number of quaternary nitrogens is 1. The van der Waals surface area contributed by atoms with Crippen LogP contribution in [-0.4, -0.2) is 49.8 Å². The smallest absolute Gasteiger partial charge is 0.168 e. The highest BCUT2D eigenvalue weighted by Gasteiger charge is 2.19. The van der Waals surface area contributed by atoms with Gasteiger partial charge in [0.2, 0.25) is 0 Å². The fraction of sp³-hybridized carbons (Fsp3) is 0.409. The van der Waals surface area contributed by atoms with Crippen LogP contribution in [0.3, 0.4) is 0 Å². The summed E-state index contributed by atoms with van der Waals surface area (Å²) < 4.78 is 5.37. The number of carbonyl (C=O) groups excluding carboxylic acids is 1. The van der Waals surface area contributed by atoms with Crippen LogP contribution in [0.15, 0.2) is 54.6 Å². The Labute approximate surface area is 173 Å². The van der Waals surface area contributed by atoms with Crippen LogP contribution in [0, 0.1) is 0 Å². The van der Waals surface area contributed by atoms with Crippen molar-refractivity contribution >= 4 is 11.5 Å². The molecular formula is C22H29ClN2O3. The maximum Gasteiger partial charge on any atom is 0.168 e. The summed E-state index contributed by atoms with van der Waals surface area (Å²) in [6, 6.07) is 17.5. The summed E-state index contributed by atoms with van der Waals surface area (Å²) in [5, 5.41) is 12.4. The number of anilines is 1. The molecule has 1 aliphatic rings. The third kappa shape index (κ3) is 6.04. The second-order valence-corrected chi connectivity index (χ2v) is 7.06. The second kappa shape index (κ2) is 11.2. The van der Waals surface area contributed by atoms with E-state index in [0.29, 0.717) is 13.0 Å². The molecular weight excluding hydrogens is 376 g/mol. The number of aliphatic hydroxyl groups excluding tert-OH is 1. The maximum absolute atomic E-state index is 12.4. The zero-order valence-electron chi connectivity index (χ0n) is 16.3. The fourth-order valence-corrected chi connectivity index (χ4v) is 3.38. The number of hydrogen-bond donors (Lipinski definition) is 2. The lowest BCUT2D eigenvalue weighted by atomic mass is 10.0. The van der Waals surface area contributed by atoms with Gasteiger partial charge >= 0.3 is 0 Å². The number of halogens is 1. The van der Waals surface area contributed by atoms with Crippen molar-refractivity contribution in [3.8, 4) is 0 Å². The van der Waals surface area contributed by atoms with Gasteiger partial charge in [0.15, 0.2) is 5.78 Å². The highest BCUT2D eigenvalue weighted by molar-refractivity contribution is 5.96. The normalized spacial score (nSPS) is 16.1. The summed E-state index contributed by atoms with van der Waals surface area (Å²) in [4.78, 5) is 14.7. The number of nitrogens with zero attached hydrogens (tertiary/aromatic N) is 1. The molecule has 0 amide bonds. The Hall–Kier alpha value is -1.92. The van der Waals surface area contributed by atoms with Crippen molar-refractivity contribution in [3.63, 3.8) is 0 Å². The molecule has 0 aliphatic carbocycles. The first-order chi connectivity index (χ1) is 13.1. The molecule has 3 N–H and O–H groups in total. The standard InChI is InChI=1S/C22H28N2O3.ClH/c1-17(22(26)19-5-3-2-4-6-19)23-12-11-21(25)18-7-9-20(10-8-18)24-13-15-27-16-14-24;/h2-10,17,22-23,26H,11-16H2,1H3;1H. The van der Waals surface area contributed by atoms with Gasteiger partial charge in [0.25, 0.3) is 0 Å². The Balaban J connectivity index is 0.00000280. The molecule has 28 heavy (non-hydrogen) atoms. The van der Waals surface area contributed by atoms with E-state index in [0.717, 1.165) is 43.1 Å². The third-order valence-corrected chi connectivity index (χ3v) is 5.11. The summed E-state index contributed by atoms with van der Waals surface area (Å²) >= 11 is 0. The molecule has 0 saturated carbocycles. The molecule has 0 aromatic heterocycles. The van der Waals surface area contributed by atoms with Crippen LogP contribution < -0.4 is 22.6 Å². The van der Waals surface area contributed by atoms with E-state index in [4.69, 9.17) is 4.74 Å². The van der Waals surface area contributed by atoms with Crippen molar-refractivity contribution in [1.29, 1.82) is 0 Å². The van der Waals surface area contributed by atoms with E-state index < -0.39 is 6.10 Å². The molecule has 6 heteroatoms. The first-order valence-electron chi connectivity index (χ1n) is 9.67. The Morgan fingerprint density at radius 3 is 2.39 bits per heavy atom. The minimum absolute atomic E-state index is 0. The average molecular weight is 405 g/mol. The number of Topliss-reactive ketones (excluding diaryl/α,β-unsaturated/α-hetero) is 1. The quantitative estimate of drug-likeness (QED) is 0.542. The molecule has 5 nitrogen and oxygen atoms in total. The average Bonchev–Trinajstić information content (AvgIpc) is 2.74. The highest BCUT2D eigenvalue weighted by Crippen LogP contribution is 2.17. The van der Waals surface area contributed by atoms with E-state index in [2.05, 4.69) is 4.90 Å². The van der Waals surface area contributed by atoms with E-state index >= 15 is 0 Å². The number of hydrogen-bond acceptors (Lipinski definition) is 4. The van der Waals surface area contributed by atoms with E-state index in [1.54, 1.807) is 0 Å². The maximum atomic E-state index is 12.4. The van der Waals surface area contributed by atoms with Crippen LogP contribution in [0.2, 0.25) is 0 Å². The number of nitrogens with two attached hydrogens (primary N) is 1. The van der Waals surface area contributed by atoms with Crippen LogP contribution in [0.5, 0.6) is 0 Å². The number of aliphatic hydroxyl groups is 1. The monoisotopic (exact) mass is 404 g/mol. The third-order valence-electron chi connectivity index (χ3n) is 5.11. The summed E-state index contributed by atoms with van der Waals surface area (Å²) in [6.45, 7) is 5.94. The number of carbonyl (C=O) groups is 1. The Morgan fingerprint density at radius 2 is 1.75 bits per heavy atom. The van der Waals surface area contributed by atoms with E-state index in [9.17, 15) is 9.90 Å². The molecule has 1 heterocycles. The van der Waals surface area contributed by atoms with E-state index in [-0.39, 0.29) is 24.2 Å². The van der Waals surface area contributed by atoms with Gasteiger partial charge in [-0.25, -0.2) is 0 Å². The van der Waals surface area contributed by atoms with Crippen LogP contribution in [0.25, 0.3) is 0 Å². The SMILES string of the molecule is CC([NH2+]CCC(=O)c1ccc(N2CCOCC2)cc1)C(O)c1ccccc1.[Cl-]. The van der Waals surface area contributed by atoms with Crippen LogP contribution in [0.4, 0.5) is 5.69 Å². The van der Waals surface area contributed by atoms with Crippen LogP contribution in [0.1, 0.15) is 35.4 Å². The molecule has 0 spiro atoms. The zero-order chi connectivity index (χ0) is 19.1. The van der Waals surface area contributed by atoms with E-state index in [1.807, 2.05) is 66.8 Å². The lowest BCUT2D eigenvalue weighted by Gasteiger charge is -2.28. The number of rotatable bonds is 8. The van der Waals surface area contributed by atoms with Gasteiger partial charge in [-0.1, -0.05) is 30.3 Å². The molecule has 1 aliphatic heterocycles. The van der Waals surface area contributed by atoms with Crippen LogP contribution in [-0.2, 0) is 4.74 Å². The van der Waals surface area contributed by atoms with Gasteiger partial charge in [0, 0.05) is 24.3 Å². The van der Waals surface area contributed by atoms with Gasteiger partial charge in [-0.3, -0.25) is 4.79 Å². The molecule has 0 radical (unpaired) electrons. The van der Waals surface area contributed by atoms with E-state index in [1.165, 1.54) is 0 Å². The van der Waals surface area contributed by atoms with Gasteiger partial charge < -0.3 is 32.5 Å². The predicted octanol–water partition coefficient (Wildman–Crippen LogP) is -1.21. The molecule has 2 atom stereocenters. The van der Waals surface area contributed by atoms with Gasteiger partial charge in [-0.15, -0.1) is 0 Å². The topological polar surface area (TPSA) is 66.4 Å². The summed E-state index contributed by atoms with van der Waals surface area (Å²) in [7, 11) is 0. The Kier molecular flexibility index (Phi) is 8.93. The van der Waals surface area contributed by atoms with Crippen molar-refractivity contribution in [2.24, 2.45) is 0 Å². The molecule has 2 aromatic carbocycles. The molecule has 2 unspecified atom stereocenters. The molecule has 2 aromatic rings. The Morgan fingerprint density at radius 1 is 1.11 bits per heavy atom.